The lowest BCUT2D eigenvalue weighted by Gasteiger charge is -2.10. The summed E-state index contributed by atoms with van der Waals surface area (Å²) in [5.74, 6) is 0.610. The maximum absolute atomic E-state index is 5.60. The van der Waals surface area contributed by atoms with Crippen LogP contribution < -0.4 is 0 Å². The van der Waals surface area contributed by atoms with Crippen molar-refractivity contribution >= 4 is 43.4 Å². The van der Waals surface area contributed by atoms with E-state index in [1.54, 1.807) is 23.8 Å². The number of para-hydroxylation sites is 1. The Labute approximate surface area is 227 Å². The van der Waals surface area contributed by atoms with E-state index in [1.165, 1.54) is 16.3 Å². The van der Waals surface area contributed by atoms with Crippen molar-refractivity contribution in [3.8, 4) is 39.0 Å². The number of fused-ring (bicyclic) bond motifs is 4. The number of hydrogen-bond donors (Lipinski definition) is 0. The lowest BCUT2D eigenvalue weighted by Crippen LogP contribution is -1.95. The summed E-state index contributed by atoms with van der Waals surface area (Å²) in [6.07, 6.45) is 5.11. The number of pyridine rings is 1. The average molecular weight is 521 g/mol. The molecular weight excluding hydrogens is 500 g/mol. The van der Waals surface area contributed by atoms with E-state index in [-0.39, 0.29) is 0 Å². The minimum atomic E-state index is 0.610. The lowest BCUT2D eigenvalue weighted by atomic mass is 10.1. The molecular formula is C33H20N4OS. The highest BCUT2D eigenvalue weighted by atomic mass is 32.1. The van der Waals surface area contributed by atoms with Crippen LogP contribution in [0.25, 0.3) is 71.0 Å². The molecule has 8 aromatic rings. The SMILES string of the molecule is c1ccc(-c2cccc(-n3c4ccccc4c4ccc(-c5nc6cccc(-c7ncco7)c6s5)cc43)c2)nc1. The fourth-order valence-electron chi connectivity index (χ4n) is 5.32. The molecule has 0 atom stereocenters. The fraction of sp³-hybridized carbons (Fsp3) is 0. The van der Waals surface area contributed by atoms with Crippen molar-refractivity contribution in [2.24, 2.45) is 0 Å². The van der Waals surface area contributed by atoms with Crippen molar-refractivity contribution in [3.05, 3.63) is 122 Å². The van der Waals surface area contributed by atoms with E-state index in [4.69, 9.17) is 9.40 Å². The summed E-state index contributed by atoms with van der Waals surface area (Å²) in [7, 11) is 0. The van der Waals surface area contributed by atoms with Gasteiger partial charge in [0.15, 0.2) is 0 Å². The maximum Gasteiger partial charge on any atom is 0.227 e. The van der Waals surface area contributed by atoms with Crippen LogP contribution in [0, 0.1) is 0 Å². The van der Waals surface area contributed by atoms with Gasteiger partial charge in [-0.05, 0) is 48.5 Å². The minimum absolute atomic E-state index is 0.610. The zero-order chi connectivity index (χ0) is 25.8. The number of thiazole rings is 1. The zero-order valence-electron chi connectivity index (χ0n) is 20.7. The molecule has 0 aliphatic heterocycles. The van der Waals surface area contributed by atoms with Gasteiger partial charge in [-0.2, -0.15) is 0 Å². The van der Waals surface area contributed by atoms with Crippen molar-refractivity contribution in [3.63, 3.8) is 0 Å². The molecule has 0 saturated carbocycles. The molecule has 0 spiro atoms. The van der Waals surface area contributed by atoms with Crippen molar-refractivity contribution < 1.29 is 4.42 Å². The van der Waals surface area contributed by atoms with E-state index >= 15 is 0 Å². The van der Waals surface area contributed by atoms with E-state index in [1.807, 2.05) is 42.6 Å². The normalized spacial score (nSPS) is 11.6. The Bertz CT molecular complexity index is 2120. The third kappa shape index (κ3) is 3.57. The van der Waals surface area contributed by atoms with Gasteiger partial charge in [0, 0.05) is 33.8 Å². The lowest BCUT2D eigenvalue weighted by molar-refractivity contribution is 0.575. The number of nitrogens with zero attached hydrogens (tertiary/aromatic N) is 4. The van der Waals surface area contributed by atoms with E-state index in [0.717, 1.165) is 48.8 Å². The van der Waals surface area contributed by atoms with Gasteiger partial charge < -0.3 is 8.98 Å². The van der Waals surface area contributed by atoms with Crippen LogP contribution in [0.5, 0.6) is 0 Å². The molecule has 0 bridgehead atoms. The highest BCUT2D eigenvalue weighted by Gasteiger charge is 2.17. The van der Waals surface area contributed by atoms with Crippen LogP contribution in [0.1, 0.15) is 0 Å². The van der Waals surface area contributed by atoms with Gasteiger partial charge in [0.05, 0.1) is 38.7 Å². The van der Waals surface area contributed by atoms with Gasteiger partial charge in [0.2, 0.25) is 5.89 Å². The molecule has 0 N–H and O–H groups in total. The Balaban J connectivity index is 1.34. The van der Waals surface area contributed by atoms with Crippen molar-refractivity contribution in [1.29, 1.82) is 0 Å². The Morgan fingerprint density at radius 1 is 0.667 bits per heavy atom. The summed E-state index contributed by atoms with van der Waals surface area (Å²) in [5, 5.41) is 3.39. The molecule has 39 heavy (non-hydrogen) atoms. The van der Waals surface area contributed by atoms with Gasteiger partial charge >= 0.3 is 0 Å². The topological polar surface area (TPSA) is 56.7 Å². The summed E-state index contributed by atoms with van der Waals surface area (Å²) < 4.78 is 9.01. The van der Waals surface area contributed by atoms with Crippen molar-refractivity contribution in [2.75, 3.05) is 0 Å². The maximum atomic E-state index is 5.60. The van der Waals surface area contributed by atoms with E-state index in [2.05, 4.69) is 81.3 Å². The second kappa shape index (κ2) is 8.75. The second-order valence-electron chi connectivity index (χ2n) is 9.36. The molecule has 6 heteroatoms. The molecule has 4 heterocycles. The van der Waals surface area contributed by atoms with Crippen LogP contribution in [0.3, 0.4) is 0 Å². The molecule has 184 valence electrons. The highest BCUT2D eigenvalue weighted by molar-refractivity contribution is 7.22. The average Bonchev–Trinajstić information content (AvgIpc) is 3.75. The van der Waals surface area contributed by atoms with Crippen LogP contribution in [0.2, 0.25) is 0 Å². The van der Waals surface area contributed by atoms with E-state index in [0.29, 0.717) is 5.89 Å². The summed E-state index contributed by atoms with van der Waals surface area (Å²) in [4.78, 5) is 13.9. The Morgan fingerprint density at radius 2 is 1.56 bits per heavy atom. The summed E-state index contributed by atoms with van der Waals surface area (Å²) in [5.41, 5.74) is 8.41. The third-order valence-electron chi connectivity index (χ3n) is 7.06. The van der Waals surface area contributed by atoms with Gasteiger partial charge in [-0.1, -0.05) is 54.6 Å². The van der Waals surface area contributed by atoms with E-state index < -0.39 is 0 Å². The summed E-state index contributed by atoms with van der Waals surface area (Å²) in [6, 6.07) is 35.9. The van der Waals surface area contributed by atoms with Gasteiger partial charge in [0.1, 0.15) is 11.3 Å². The largest absolute Gasteiger partial charge is 0.444 e. The molecule has 8 rings (SSSR count). The predicted molar refractivity (Wildman–Crippen MR) is 158 cm³/mol. The summed E-state index contributed by atoms with van der Waals surface area (Å²) in [6.45, 7) is 0. The smallest absolute Gasteiger partial charge is 0.227 e. The molecule has 0 aliphatic carbocycles. The fourth-order valence-corrected chi connectivity index (χ4v) is 6.38. The quantitative estimate of drug-likeness (QED) is 0.233. The Kier molecular flexibility index (Phi) is 4.93. The number of aromatic nitrogens is 4. The molecule has 0 amide bonds. The second-order valence-corrected chi connectivity index (χ2v) is 10.4. The first kappa shape index (κ1) is 22.0. The third-order valence-corrected chi connectivity index (χ3v) is 8.22. The number of rotatable bonds is 4. The number of hydrogen-bond acceptors (Lipinski definition) is 5. The van der Waals surface area contributed by atoms with Gasteiger partial charge in [-0.3, -0.25) is 4.98 Å². The molecule has 0 fully saturated rings. The molecule has 0 radical (unpaired) electrons. The Morgan fingerprint density at radius 3 is 2.46 bits per heavy atom. The monoisotopic (exact) mass is 520 g/mol. The van der Waals surface area contributed by atoms with Crippen LogP contribution in [-0.4, -0.2) is 19.5 Å². The molecule has 4 aromatic heterocycles. The summed E-state index contributed by atoms with van der Waals surface area (Å²) >= 11 is 1.66. The van der Waals surface area contributed by atoms with E-state index in [9.17, 15) is 0 Å². The van der Waals surface area contributed by atoms with Crippen LogP contribution in [-0.2, 0) is 0 Å². The zero-order valence-corrected chi connectivity index (χ0v) is 21.5. The molecule has 5 nitrogen and oxygen atoms in total. The predicted octanol–water partition coefficient (Wildman–Crippen LogP) is 8.78. The van der Waals surface area contributed by atoms with Gasteiger partial charge in [-0.15, -0.1) is 11.3 Å². The number of oxazole rings is 1. The highest BCUT2D eigenvalue weighted by Crippen LogP contribution is 2.39. The number of benzene rings is 4. The van der Waals surface area contributed by atoms with Crippen LogP contribution in [0.4, 0.5) is 0 Å². The molecule has 4 aromatic carbocycles. The standard InChI is InChI=1S/C33H20N4OS/c1-2-13-29-24(9-1)25-15-14-22(33-36-28-12-6-10-26(31(28)39-33)32-35-17-18-38-32)20-30(25)37(29)23-8-5-7-21(19-23)27-11-3-4-16-34-27/h1-20H. The van der Waals surface area contributed by atoms with Crippen molar-refractivity contribution in [2.45, 2.75) is 0 Å². The van der Waals surface area contributed by atoms with Gasteiger partial charge in [0.25, 0.3) is 0 Å². The Hall–Kier alpha value is -5.07. The van der Waals surface area contributed by atoms with Crippen LogP contribution in [0.15, 0.2) is 126 Å². The first-order valence-corrected chi connectivity index (χ1v) is 13.5. The van der Waals surface area contributed by atoms with Crippen LogP contribution >= 0.6 is 11.3 Å². The van der Waals surface area contributed by atoms with Gasteiger partial charge in [-0.25, -0.2) is 9.97 Å². The molecule has 0 aliphatic rings. The molecule has 0 unspecified atom stereocenters. The first-order valence-electron chi connectivity index (χ1n) is 12.7. The molecule has 0 saturated heterocycles. The van der Waals surface area contributed by atoms with Crippen molar-refractivity contribution in [1.82, 2.24) is 19.5 Å². The minimum Gasteiger partial charge on any atom is -0.444 e. The first-order chi connectivity index (χ1) is 19.3.